The lowest BCUT2D eigenvalue weighted by atomic mass is 10.1. The molecule has 0 bridgehead atoms. The van der Waals surface area contributed by atoms with Crippen LogP contribution in [0.2, 0.25) is 0 Å². The molecule has 0 fully saturated rings. The molecule has 1 rings (SSSR count). The molecule has 0 heterocycles. The van der Waals surface area contributed by atoms with E-state index in [0.717, 1.165) is 5.56 Å². The molecule has 0 amide bonds. The number of hydrogen-bond donors (Lipinski definition) is 1. The molecule has 1 N–H and O–H groups in total. The second-order valence-corrected chi connectivity index (χ2v) is 5.96. The summed E-state index contributed by atoms with van der Waals surface area (Å²) in [6.07, 6.45) is 0. The van der Waals surface area contributed by atoms with E-state index in [1.165, 1.54) is 0 Å². The number of aryl methyl sites for hydroxylation is 1. The lowest BCUT2D eigenvalue weighted by molar-refractivity contribution is 0.403. The van der Waals surface area contributed by atoms with Crippen molar-refractivity contribution in [3.8, 4) is 5.75 Å². The second kappa shape index (κ2) is 4.97. The maximum atomic E-state index is 12.1. The van der Waals surface area contributed by atoms with Crippen molar-refractivity contribution in [1.29, 1.82) is 0 Å². The molecule has 0 aliphatic rings. The van der Waals surface area contributed by atoms with Crippen LogP contribution in [0.15, 0.2) is 23.1 Å². The Hall–Kier alpha value is -0.870. The molecule has 0 saturated heterocycles. The second-order valence-electron chi connectivity index (χ2n) is 4.78. The van der Waals surface area contributed by atoms with Crippen molar-refractivity contribution in [2.75, 3.05) is 7.11 Å². The van der Waals surface area contributed by atoms with Gasteiger partial charge >= 0.3 is 0 Å². The topological polar surface area (TPSA) is 38.3 Å². The minimum Gasteiger partial charge on any atom is -0.495 e. The Morgan fingerprint density at radius 3 is 2.44 bits per heavy atom. The van der Waals surface area contributed by atoms with Crippen LogP contribution in [0.3, 0.4) is 0 Å². The van der Waals surface area contributed by atoms with E-state index in [0.29, 0.717) is 10.6 Å². The van der Waals surface area contributed by atoms with Crippen molar-refractivity contribution in [2.45, 2.75) is 38.1 Å². The summed E-state index contributed by atoms with van der Waals surface area (Å²) in [7, 11) is 0.342. The van der Waals surface area contributed by atoms with E-state index in [4.69, 9.17) is 4.74 Å². The van der Waals surface area contributed by atoms with Gasteiger partial charge in [-0.15, -0.1) is 0 Å². The molecule has 1 atom stereocenters. The minimum absolute atomic E-state index is 0.194. The largest absolute Gasteiger partial charge is 0.495 e. The van der Waals surface area contributed by atoms with Gasteiger partial charge in [0.05, 0.1) is 12.0 Å². The fourth-order valence-corrected chi connectivity index (χ4v) is 2.44. The van der Waals surface area contributed by atoms with Gasteiger partial charge < -0.3 is 4.74 Å². The summed E-state index contributed by atoms with van der Waals surface area (Å²) in [6, 6.07) is 5.65. The van der Waals surface area contributed by atoms with Crippen LogP contribution in [0.1, 0.15) is 26.3 Å². The Bertz CT molecular complexity index is 396. The number of nitrogens with one attached hydrogen (secondary N) is 1. The molecule has 1 aromatic carbocycles. The van der Waals surface area contributed by atoms with Gasteiger partial charge in [0.1, 0.15) is 16.7 Å². The van der Waals surface area contributed by atoms with Crippen LogP contribution in [0.5, 0.6) is 5.75 Å². The van der Waals surface area contributed by atoms with Crippen molar-refractivity contribution in [2.24, 2.45) is 0 Å². The van der Waals surface area contributed by atoms with Gasteiger partial charge in [-0.05, 0) is 45.4 Å². The Kier molecular flexibility index (Phi) is 4.10. The first-order chi connectivity index (χ1) is 7.33. The van der Waals surface area contributed by atoms with Gasteiger partial charge in [-0.1, -0.05) is 6.07 Å². The van der Waals surface area contributed by atoms with Crippen LogP contribution in [0, 0.1) is 6.92 Å². The van der Waals surface area contributed by atoms with Crippen LogP contribution in [-0.2, 0) is 11.0 Å². The first-order valence-electron chi connectivity index (χ1n) is 5.18. The maximum Gasteiger partial charge on any atom is 0.136 e. The maximum absolute atomic E-state index is 12.1. The highest BCUT2D eigenvalue weighted by molar-refractivity contribution is 7.83. The molecular weight excluding hydrogens is 222 g/mol. The Balaban J connectivity index is 2.99. The van der Waals surface area contributed by atoms with E-state index in [2.05, 4.69) is 4.72 Å². The molecule has 1 aromatic rings. The van der Waals surface area contributed by atoms with Crippen LogP contribution >= 0.6 is 0 Å². The normalized spacial score (nSPS) is 13.6. The molecule has 3 nitrogen and oxygen atoms in total. The van der Waals surface area contributed by atoms with E-state index >= 15 is 0 Å². The zero-order chi connectivity index (χ0) is 12.3. The van der Waals surface area contributed by atoms with Gasteiger partial charge in [0.25, 0.3) is 0 Å². The Morgan fingerprint density at radius 2 is 1.94 bits per heavy atom. The third-order valence-corrected chi connectivity index (χ3v) is 3.45. The quantitative estimate of drug-likeness (QED) is 0.882. The summed E-state index contributed by atoms with van der Waals surface area (Å²) in [6.45, 7) is 7.91. The number of ether oxygens (including phenoxy) is 1. The van der Waals surface area contributed by atoms with Crippen LogP contribution in [-0.4, -0.2) is 16.9 Å². The predicted molar refractivity (Wildman–Crippen MR) is 67.0 cm³/mol. The molecule has 4 heteroatoms. The molecule has 90 valence electrons. The first-order valence-corrected chi connectivity index (χ1v) is 6.33. The third kappa shape index (κ3) is 3.61. The van der Waals surface area contributed by atoms with Gasteiger partial charge in [0.2, 0.25) is 0 Å². The fourth-order valence-electron chi connectivity index (χ4n) is 1.26. The number of hydrogen-bond acceptors (Lipinski definition) is 2. The molecule has 0 saturated carbocycles. The molecule has 0 aliphatic carbocycles. The van der Waals surface area contributed by atoms with Gasteiger partial charge in [0.15, 0.2) is 0 Å². The third-order valence-electron chi connectivity index (χ3n) is 1.92. The highest BCUT2D eigenvalue weighted by atomic mass is 32.2. The highest BCUT2D eigenvalue weighted by Crippen LogP contribution is 2.23. The van der Waals surface area contributed by atoms with Crippen LogP contribution < -0.4 is 9.46 Å². The number of rotatable bonds is 3. The molecule has 1 unspecified atom stereocenters. The SMILES string of the molecule is COc1cc(C)ccc1S(=O)NC(C)(C)C. The van der Waals surface area contributed by atoms with Crippen molar-refractivity contribution in [3.63, 3.8) is 0 Å². The first kappa shape index (κ1) is 13.2. The molecule has 0 aliphatic heterocycles. The molecule has 0 aromatic heterocycles. The molecule has 16 heavy (non-hydrogen) atoms. The summed E-state index contributed by atoms with van der Waals surface area (Å²) in [4.78, 5) is 0.683. The lowest BCUT2D eigenvalue weighted by Crippen LogP contribution is -2.37. The monoisotopic (exact) mass is 241 g/mol. The van der Waals surface area contributed by atoms with E-state index in [1.807, 2.05) is 45.9 Å². The molecular formula is C12H19NO2S. The number of benzene rings is 1. The molecule has 0 spiro atoms. The zero-order valence-corrected chi connectivity index (χ0v) is 11.3. The average Bonchev–Trinajstić information content (AvgIpc) is 2.14. The summed E-state index contributed by atoms with van der Waals surface area (Å²) >= 11 is 0. The highest BCUT2D eigenvalue weighted by Gasteiger charge is 2.17. The van der Waals surface area contributed by atoms with E-state index in [1.54, 1.807) is 7.11 Å². The standard InChI is InChI=1S/C12H19NO2S/c1-9-6-7-11(10(8-9)15-5)16(14)13-12(2,3)4/h6-8,13H,1-5H3. The zero-order valence-electron chi connectivity index (χ0n) is 10.5. The Morgan fingerprint density at radius 1 is 1.31 bits per heavy atom. The Labute approximate surface area is 99.8 Å². The van der Waals surface area contributed by atoms with E-state index in [9.17, 15) is 4.21 Å². The fraction of sp³-hybridized carbons (Fsp3) is 0.500. The minimum atomic E-state index is -1.25. The summed E-state index contributed by atoms with van der Waals surface area (Å²) < 4.78 is 20.3. The van der Waals surface area contributed by atoms with Crippen LogP contribution in [0.4, 0.5) is 0 Å². The van der Waals surface area contributed by atoms with Gasteiger partial charge in [-0.3, -0.25) is 0 Å². The van der Waals surface area contributed by atoms with Gasteiger partial charge in [-0.2, -0.15) is 0 Å². The van der Waals surface area contributed by atoms with Crippen molar-refractivity contribution in [3.05, 3.63) is 23.8 Å². The lowest BCUT2D eigenvalue weighted by Gasteiger charge is -2.20. The number of methoxy groups -OCH3 is 1. The van der Waals surface area contributed by atoms with E-state index in [-0.39, 0.29) is 5.54 Å². The van der Waals surface area contributed by atoms with Crippen LogP contribution in [0.25, 0.3) is 0 Å². The van der Waals surface area contributed by atoms with Crippen molar-refractivity contribution < 1.29 is 8.95 Å². The summed E-state index contributed by atoms with van der Waals surface area (Å²) in [5.41, 5.74) is 0.897. The van der Waals surface area contributed by atoms with Crippen molar-refractivity contribution in [1.82, 2.24) is 4.72 Å². The van der Waals surface area contributed by atoms with Crippen molar-refractivity contribution >= 4 is 11.0 Å². The van der Waals surface area contributed by atoms with Gasteiger partial charge in [0, 0.05) is 5.54 Å². The van der Waals surface area contributed by atoms with Gasteiger partial charge in [-0.25, -0.2) is 8.93 Å². The smallest absolute Gasteiger partial charge is 0.136 e. The predicted octanol–water partition coefficient (Wildman–Crippen LogP) is 2.41. The summed E-state index contributed by atoms with van der Waals surface area (Å²) in [5.74, 6) is 0.662. The molecule has 0 radical (unpaired) electrons. The average molecular weight is 241 g/mol. The summed E-state index contributed by atoms with van der Waals surface area (Å²) in [5, 5.41) is 0. The van der Waals surface area contributed by atoms with E-state index < -0.39 is 11.0 Å².